The van der Waals surface area contributed by atoms with Gasteiger partial charge in [0.05, 0.1) is 0 Å². The molecule has 0 saturated carbocycles. The number of benzene rings is 2. The van der Waals surface area contributed by atoms with Gasteiger partial charge in [0.1, 0.15) is 5.82 Å². The lowest BCUT2D eigenvalue weighted by molar-refractivity contribution is -0.116. The molecule has 0 aliphatic carbocycles. The lowest BCUT2D eigenvalue weighted by Crippen LogP contribution is -2.27. The van der Waals surface area contributed by atoms with Gasteiger partial charge in [-0.2, -0.15) is 0 Å². The summed E-state index contributed by atoms with van der Waals surface area (Å²) in [5, 5.41) is 5.29. The molecule has 0 fully saturated rings. The molecular formula is C16H15FN2O2. The SMILES string of the molecule is O=C(CCNC(=O)c1ccccc1)Nc1ccc(F)cc1. The molecule has 2 aromatic carbocycles. The molecule has 0 saturated heterocycles. The second-order valence-corrected chi connectivity index (χ2v) is 4.43. The lowest BCUT2D eigenvalue weighted by Gasteiger charge is -2.06. The zero-order valence-electron chi connectivity index (χ0n) is 11.3. The van der Waals surface area contributed by atoms with Crippen molar-refractivity contribution in [2.75, 3.05) is 11.9 Å². The molecule has 2 amide bonds. The summed E-state index contributed by atoms with van der Waals surface area (Å²) in [5.74, 6) is -0.816. The van der Waals surface area contributed by atoms with Crippen molar-refractivity contribution < 1.29 is 14.0 Å². The second-order valence-electron chi connectivity index (χ2n) is 4.43. The quantitative estimate of drug-likeness (QED) is 0.887. The summed E-state index contributed by atoms with van der Waals surface area (Å²) in [6, 6.07) is 14.3. The van der Waals surface area contributed by atoms with Crippen molar-refractivity contribution in [1.82, 2.24) is 5.32 Å². The van der Waals surface area contributed by atoms with Gasteiger partial charge < -0.3 is 10.6 Å². The molecule has 0 bridgehead atoms. The second kappa shape index (κ2) is 7.19. The Kier molecular flexibility index (Phi) is 5.04. The van der Waals surface area contributed by atoms with Gasteiger partial charge in [-0.25, -0.2) is 4.39 Å². The summed E-state index contributed by atoms with van der Waals surface area (Å²) in [4.78, 5) is 23.4. The van der Waals surface area contributed by atoms with Gasteiger partial charge in [0.2, 0.25) is 5.91 Å². The predicted molar refractivity (Wildman–Crippen MR) is 78.4 cm³/mol. The van der Waals surface area contributed by atoms with Gasteiger partial charge in [0.15, 0.2) is 0 Å². The third kappa shape index (κ3) is 4.72. The highest BCUT2D eigenvalue weighted by molar-refractivity contribution is 5.95. The average molecular weight is 286 g/mol. The molecule has 21 heavy (non-hydrogen) atoms. The Hall–Kier alpha value is -2.69. The maximum absolute atomic E-state index is 12.7. The number of nitrogens with one attached hydrogen (secondary N) is 2. The van der Waals surface area contributed by atoms with E-state index in [2.05, 4.69) is 10.6 Å². The fourth-order valence-corrected chi connectivity index (χ4v) is 1.74. The van der Waals surface area contributed by atoms with Crippen molar-refractivity contribution in [1.29, 1.82) is 0 Å². The van der Waals surface area contributed by atoms with Gasteiger partial charge in [-0.1, -0.05) is 18.2 Å². The first-order valence-corrected chi connectivity index (χ1v) is 6.54. The molecule has 4 nitrogen and oxygen atoms in total. The summed E-state index contributed by atoms with van der Waals surface area (Å²) in [7, 11) is 0. The fourth-order valence-electron chi connectivity index (χ4n) is 1.74. The smallest absolute Gasteiger partial charge is 0.251 e. The van der Waals surface area contributed by atoms with Crippen molar-refractivity contribution >= 4 is 17.5 Å². The van der Waals surface area contributed by atoms with E-state index in [-0.39, 0.29) is 30.6 Å². The molecule has 0 aliphatic rings. The Morgan fingerprint density at radius 3 is 2.29 bits per heavy atom. The third-order valence-corrected chi connectivity index (χ3v) is 2.80. The highest BCUT2D eigenvalue weighted by Crippen LogP contribution is 2.08. The van der Waals surface area contributed by atoms with Crippen LogP contribution in [0.3, 0.4) is 0 Å². The minimum Gasteiger partial charge on any atom is -0.352 e. The van der Waals surface area contributed by atoms with Crippen LogP contribution in [-0.4, -0.2) is 18.4 Å². The first kappa shape index (κ1) is 14.7. The van der Waals surface area contributed by atoms with E-state index in [0.29, 0.717) is 11.3 Å². The number of amides is 2. The minimum atomic E-state index is -0.358. The maximum Gasteiger partial charge on any atom is 0.251 e. The first-order valence-electron chi connectivity index (χ1n) is 6.54. The van der Waals surface area contributed by atoms with Crippen LogP contribution in [0.1, 0.15) is 16.8 Å². The number of anilines is 1. The molecule has 0 spiro atoms. The van der Waals surface area contributed by atoms with Crippen molar-refractivity contribution in [3.8, 4) is 0 Å². The van der Waals surface area contributed by atoms with Crippen molar-refractivity contribution in [3.05, 3.63) is 66.0 Å². The summed E-state index contributed by atoms with van der Waals surface area (Å²) < 4.78 is 12.7. The third-order valence-electron chi connectivity index (χ3n) is 2.80. The van der Waals surface area contributed by atoms with E-state index in [0.717, 1.165) is 0 Å². The topological polar surface area (TPSA) is 58.2 Å². The van der Waals surface area contributed by atoms with Gasteiger partial charge in [-0.3, -0.25) is 9.59 Å². The average Bonchev–Trinajstić information content (AvgIpc) is 2.50. The van der Waals surface area contributed by atoms with Crippen LogP contribution < -0.4 is 10.6 Å². The molecule has 0 aliphatic heterocycles. The van der Waals surface area contributed by atoms with Crippen LogP contribution in [0, 0.1) is 5.82 Å². The van der Waals surface area contributed by atoms with Crippen LogP contribution in [0.4, 0.5) is 10.1 Å². The van der Waals surface area contributed by atoms with Gasteiger partial charge >= 0.3 is 0 Å². The Morgan fingerprint density at radius 2 is 1.62 bits per heavy atom. The van der Waals surface area contributed by atoms with E-state index in [9.17, 15) is 14.0 Å². The molecule has 2 N–H and O–H groups in total. The number of carbonyl (C=O) groups excluding carboxylic acids is 2. The van der Waals surface area contributed by atoms with Crippen LogP contribution in [-0.2, 0) is 4.79 Å². The van der Waals surface area contributed by atoms with Crippen LogP contribution in [0.2, 0.25) is 0 Å². The highest BCUT2D eigenvalue weighted by Gasteiger charge is 2.06. The monoisotopic (exact) mass is 286 g/mol. The molecule has 2 aromatic rings. The molecule has 0 atom stereocenters. The molecule has 2 rings (SSSR count). The van der Waals surface area contributed by atoms with Crippen LogP contribution in [0.15, 0.2) is 54.6 Å². The molecule has 5 heteroatoms. The molecule has 0 aromatic heterocycles. The van der Waals surface area contributed by atoms with Gasteiger partial charge in [-0.05, 0) is 36.4 Å². The van der Waals surface area contributed by atoms with Crippen molar-refractivity contribution in [2.24, 2.45) is 0 Å². The number of halogens is 1. The number of carbonyl (C=O) groups is 2. The lowest BCUT2D eigenvalue weighted by atomic mass is 10.2. The Morgan fingerprint density at radius 1 is 0.952 bits per heavy atom. The van der Waals surface area contributed by atoms with Crippen molar-refractivity contribution in [2.45, 2.75) is 6.42 Å². The molecular weight excluding hydrogens is 271 g/mol. The normalized spacial score (nSPS) is 9.95. The summed E-state index contributed by atoms with van der Waals surface area (Å²) in [6.07, 6.45) is 0.149. The van der Waals surface area contributed by atoms with E-state index in [1.165, 1.54) is 24.3 Å². The Bertz CT molecular complexity index is 612. The minimum absolute atomic E-state index is 0.149. The van der Waals surface area contributed by atoms with E-state index in [4.69, 9.17) is 0 Å². The van der Waals surface area contributed by atoms with E-state index < -0.39 is 0 Å². The van der Waals surface area contributed by atoms with Crippen LogP contribution >= 0.6 is 0 Å². The van der Waals surface area contributed by atoms with Crippen LogP contribution in [0.25, 0.3) is 0 Å². The standard InChI is InChI=1S/C16H15FN2O2/c17-13-6-8-14(9-7-13)19-15(20)10-11-18-16(21)12-4-2-1-3-5-12/h1-9H,10-11H2,(H,18,21)(H,19,20). The Labute approximate surface area is 122 Å². The van der Waals surface area contributed by atoms with Crippen LogP contribution in [0.5, 0.6) is 0 Å². The number of rotatable bonds is 5. The van der Waals surface area contributed by atoms with Gasteiger partial charge in [0, 0.05) is 24.2 Å². The van der Waals surface area contributed by atoms with Gasteiger partial charge in [0.25, 0.3) is 5.91 Å². The van der Waals surface area contributed by atoms with Gasteiger partial charge in [-0.15, -0.1) is 0 Å². The predicted octanol–water partition coefficient (Wildman–Crippen LogP) is 2.58. The van der Waals surface area contributed by atoms with E-state index in [1.54, 1.807) is 24.3 Å². The zero-order chi connectivity index (χ0) is 15.1. The molecule has 108 valence electrons. The number of hydrogen-bond donors (Lipinski definition) is 2. The first-order chi connectivity index (χ1) is 10.1. The summed E-state index contributed by atoms with van der Waals surface area (Å²) >= 11 is 0. The summed E-state index contributed by atoms with van der Waals surface area (Å²) in [5.41, 5.74) is 1.08. The van der Waals surface area contributed by atoms with Crippen molar-refractivity contribution in [3.63, 3.8) is 0 Å². The Balaban J connectivity index is 1.74. The molecule has 0 heterocycles. The number of hydrogen-bond acceptors (Lipinski definition) is 2. The molecule has 0 unspecified atom stereocenters. The summed E-state index contributed by atoms with van der Waals surface area (Å²) in [6.45, 7) is 0.237. The largest absolute Gasteiger partial charge is 0.352 e. The zero-order valence-corrected chi connectivity index (χ0v) is 11.3. The molecule has 0 radical (unpaired) electrons. The maximum atomic E-state index is 12.7. The van der Waals surface area contributed by atoms with E-state index in [1.807, 2.05) is 6.07 Å². The van der Waals surface area contributed by atoms with E-state index >= 15 is 0 Å². The highest BCUT2D eigenvalue weighted by atomic mass is 19.1. The fraction of sp³-hybridized carbons (Fsp3) is 0.125.